The number of carbonyl (C=O) groups is 1. The number of hydrogen-bond acceptors (Lipinski definition) is 6. The number of aliphatic hydroxyl groups excluding tert-OH is 2. The Morgan fingerprint density at radius 2 is 2.07 bits per heavy atom. The lowest BCUT2D eigenvalue weighted by Crippen LogP contribution is -2.38. The highest BCUT2D eigenvalue weighted by atomic mass is 19.1. The topological polar surface area (TPSA) is 132 Å². The lowest BCUT2D eigenvalue weighted by molar-refractivity contribution is 0.148. The molecule has 2 amide bonds. The van der Waals surface area contributed by atoms with Crippen LogP contribution in [0.4, 0.5) is 15.0 Å². The number of pyridine rings is 1. The second kappa shape index (κ2) is 8.19. The van der Waals surface area contributed by atoms with Crippen molar-refractivity contribution in [3.05, 3.63) is 47.4 Å². The number of H-pyrrole nitrogens is 1. The predicted molar refractivity (Wildman–Crippen MR) is 99.3 cm³/mol. The first-order chi connectivity index (χ1) is 13.4. The fourth-order valence-corrected chi connectivity index (χ4v) is 2.86. The molecule has 2 atom stereocenters. The highest BCUT2D eigenvalue weighted by Crippen LogP contribution is 2.27. The van der Waals surface area contributed by atoms with Gasteiger partial charge in [0.1, 0.15) is 11.6 Å². The van der Waals surface area contributed by atoms with Crippen LogP contribution in [0.1, 0.15) is 24.2 Å². The number of nitrogens with zero attached hydrogens (tertiary/aromatic N) is 2. The van der Waals surface area contributed by atoms with Crippen LogP contribution in [0.5, 0.6) is 5.88 Å². The average Bonchev–Trinajstić information content (AvgIpc) is 3.09. The Morgan fingerprint density at radius 1 is 1.36 bits per heavy atom. The highest BCUT2D eigenvalue weighted by Gasteiger charge is 2.21. The zero-order chi connectivity index (χ0) is 20.3. The van der Waals surface area contributed by atoms with Gasteiger partial charge in [-0.2, -0.15) is 0 Å². The maximum Gasteiger partial charge on any atom is 0.320 e. The first kappa shape index (κ1) is 19.5. The number of hydrogen-bond donors (Lipinski definition) is 5. The summed E-state index contributed by atoms with van der Waals surface area (Å²) in [6.45, 7) is 1.13. The van der Waals surface area contributed by atoms with Crippen molar-refractivity contribution < 1.29 is 24.1 Å². The number of carbonyl (C=O) groups excluding carboxylic acids is 1. The molecule has 0 bridgehead atoms. The molecule has 9 nitrogen and oxygen atoms in total. The van der Waals surface area contributed by atoms with Gasteiger partial charge in [-0.15, -0.1) is 5.10 Å². The minimum Gasteiger partial charge on any atom is -0.479 e. The van der Waals surface area contributed by atoms with Crippen LogP contribution >= 0.6 is 0 Å². The van der Waals surface area contributed by atoms with Gasteiger partial charge in [0.15, 0.2) is 0 Å². The van der Waals surface area contributed by atoms with Crippen LogP contribution < -0.4 is 15.4 Å². The van der Waals surface area contributed by atoms with Crippen LogP contribution in [0.25, 0.3) is 10.9 Å². The third-order valence-electron chi connectivity index (χ3n) is 4.17. The van der Waals surface area contributed by atoms with E-state index in [0.29, 0.717) is 16.5 Å². The molecule has 10 heteroatoms. The minimum absolute atomic E-state index is 0.170. The smallest absolute Gasteiger partial charge is 0.320 e. The molecular weight excluding hydrogens is 369 g/mol. The largest absolute Gasteiger partial charge is 0.479 e. The molecule has 0 fully saturated rings. The third kappa shape index (κ3) is 4.02. The lowest BCUT2D eigenvalue weighted by Gasteiger charge is -2.22. The third-order valence-corrected chi connectivity index (χ3v) is 4.17. The molecule has 0 radical (unpaired) electrons. The van der Waals surface area contributed by atoms with Crippen molar-refractivity contribution in [2.24, 2.45) is 0 Å². The Hall–Kier alpha value is -3.24. The van der Waals surface area contributed by atoms with Crippen molar-refractivity contribution in [1.29, 1.82) is 0 Å². The van der Waals surface area contributed by atoms with Gasteiger partial charge in [0.2, 0.25) is 5.88 Å². The van der Waals surface area contributed by atoms with Crippen molar-refractivity contribution in [3.8, 4) is 5.88 Å². The molecule has 0 aliphatic carbocycles. The number of benzene rings is 1. The van der Waals surface area contributed by atoms with Gasteiger partial charge in [-0.1, -0.05) is 12.1 Å². The van der Waals surface area contributed by atoms with Crippen molar-refractivity contribution in [2.45, 2.75) is 25.7 Å². The summed E-state index contributed by atoms with van der Waals surface area (Å²) in [4.78, 5) is 16.6. The molecule has 0 aliphatic rings. The van der Waals surface area contributed by atoms with E-state index in [1.807, 2.05) is 0 Å². The molecule has 0 unspecified atom stereocenters. The number of aromatic amines is 1. The van der Waals surface area contributed by atoms with Crippen LogP contribution in [0.3, 0.4) is 0 Å². The van der Waals surface area contributed by atoms with Crippen LogP contribution in [0.2, 0.25) is 0 Å². The summed E-state index contributed by atoms with van der Waals surface area (Å²) in [6, 6.07) is 5.62. The first-order valence-corrected chi connectivity index (χ1v) is 8.46. The highest BCUT2D eigenvalue weighted by molar-refractivity contribution is 5.93. The monoisotopic (exact) mass is 389 g/mol. The van der Waals surface area contributed by atoms with Crippen LogP contribution in [0.15, 0.2) is 30.3 Å². The summed E-state index contributed by atoms with van der Waals surface area (Å²) in [7, 11) is 1.45. The summed E-state index contributed by atoms with van der Waals surface area (Å²) in [6.07, 6.45) is -0.920. The molecule has 0 aliphatic heterocycles. The number of amides is 2. The Morgan fingerprint density at radius 3 is 2.68 bits per heavy atom. The zero-order valence-electron chi connectivity index (χ0n) is 15.2. The second-order valence-electron chi connectivity index (χ2n) is 6.14. The van der Waals surface area contributed by atoms with Crippen molar-refractivity contribution in [3.63, 3.8) is 0 Å². The van der Waals surface area contributed by atoms with E-state index in [1.54, 1.807) is 6.07 Å². The molecule has 5 N–H and O–H groups in total. The van der Waals surface area contributed by atoms with E-state index in [9.17, 15) is 19.4 Å². The molecular formula is C18H20FN5O4. The lowest BCUT2D eigenvalue weighted by atomic mass is 10.0. The van der Waals surface area contributed by atoms with E-state index in [0.717, 1.165) is 0 Å². The molecule has 3 rings (SSSR count). The number of urea groups is 1. The Bertz CT molecular complexity index is 974. The minimum atomic E-state index is -0.920. The van der Waals surface area contributed by atoms with E-state index in [-0.39, 0.29) is 24.0 Å². The standard InChI is InChI=1S/C18H20FN5O4/c1-9(26)16(10-3-5-11(19)6-4-10)22-18(27)21-14-7-12-15(13(8-25)20-14)17(28-2)24-23-12/h3-7,9,16,25-26H,8H2,1-2H3,(H,23,24)(H2,20,21,22,27)/t9-,16+/m0/s1. The van der Waals surface area contributed by atoms with E-state index < -0.39 is 24.0 Å². The van der Waals surface area contributed by atoms with E-state index in [1.165, 1.54) is 38.3 Å². The number of aromatic nitrogens is 3. The Labute approximate surface area is 159 Å². The molecule has 0 saturated heterocycles. The van der Waals surface area contributed by atoms with Gasteiger partial charge in [-0.3, -0.25) is 10.4 Å². The number of fused-ring (bicyclic) bond motifs is 1. The van der Waals surface area contributed by atoms with Gasteiger partial charge in [0.25, 0.3) is 0 Å². The fraction of sp³-hybridized carbons (Fsp3) is 0.278. The number of rotatable bonds is 6. The van der Waals surface area contributed by atoms with Crippen LogP contribution in [-0.2, 0) is 6.61 Å². The molecule has 0 spiro atoms. The molecule has 148 valence electrons. The Balaban J connectivity index is 1.80. The summed E-state index contributed by atoms with van der Waals surface area (Å²) < 4.78 is 18.2. The van der Waals surface area contributed by atoms with E-state index in [4.69, 9.17) is 4.74 Å². The number of halogens is 1. The number of aliphatic hydroxyl groups is 2. The number of nitrogens with one attached hydrogen (secondary N) is 3. The predicted octanol–water partition coefficient (Wildman–Crippen LogP) is 1.84. The first-order valence-electron chi connectivity index (χ1n) is 8.46. The maximum absolute atomic E-state index is 13.1. The molecule has 0 saturated carbocycles. The van der Waals surface area contributed by atoms with Crippen molar-refractivity contribution >= 4 is 22.8 Å². The van der Waals surface area contributed by atoms with Gasteiger partial charge >= 0.3 is 6.03 Å². The van der Waals surface area contributed by atoms with Gasteiger partial charge < -0.3 is 20.3 Å². The van der Waals surface area contributed by atoms with E-state index >= 15 is 0 Å². The molecule has 28 heavy (non-hydrogen) atoms. The molecule has 2 heterocycles. The normalized spacial score (nSPS) is 13.2. The number of anilines is 1. The maximum atomic E-state index is 13.1. The molecule has 2 aromatic heterocycles. The second-order valence-corrected chi connectivity index (χ2v) is 6.14. The SMILES string of the molecule is COc1n[nH]c2cc(NC(=O)N[C@@H](c3ccc(F)cc3)[C@H](C)O)nc(CO)c12. The van der Waals surface area contributed by atoms with Crippen LogP contribution in [0, 0.1) is 5.82 Å². The Kier molecular flexibility index (Phi) is 5.71. The van der Waals surface area contributed by atoms with Gasteiger partial charge in [0.05, 0.1) is 42.5 Å². The average molecular weight is 389 g/mol. The van der Waals surface area contributed by atoms with E-state index in [2.05, 4.69) is 25.8 Å². The van der Waals surface area contributed by atoms with Crippen molar-refractivity contribution in [1.82, 2.24) is 20.5 Å². The fourth-order valence-electron chi connectivity index (χ4n) is 2.86. The summed E-state index contributed by atoms with van der Waals surface area (Å²) in [5, 5.41) is 32.0. The van der Waals surface area contributed by atoms with Crippen molar-refractivity contribution in [2.75, 3.05) is 12.4 Å². The summed E-state index contributed by atoms with van der Waals surface area (Å²) in [5.41, 5.74) is 1.35. The number of ether oxygens (including phenoxy) is 1. The molecule has 1 aromatic carbocycles. The quantitative estimate of drug-likeness (QED) is 0.437. The summed E-state index contributed by atoms with van der Waals surface area (Å²) >= 11 is 0. The molecule has 3 aromatic rings. The van der Waals surface area contributed by atoms with Gasteiger partial charge in [-0.05, 0) is 24.6 Å². The van der Waals surface area contributed by atoms with Crippen LogP contribution in [-0.4, -0.2) is 44.6 Å². The van der Waals surface area contributed by atoms with Gasteiger partial charge in [0, 0.05) is 6.07 Å². The van der Waals surface area contributed by atoms with Gasteiger partial charge in [-0.25, -0.2) is 14.2 Å². The zero-order valence-corrected chi connectivity index (χ0v) is 15.2. The number of methoxy groups -OCH3 is 1. The summed E-state index contributed by atoms with van der Waals surface area (Å²) in [5.74, 6) is 0.0402.